The van der Waals surface area contributed by atoms with E-state index in [1.54, 1.807) is 19.1 Å². The van der Waals surface area contributed by atoms with Crippen LogP contribution >= 0.6 is 0 Å². The highest BCUT2D eigenvalue weighted by Crippen LogP contribution is 2.34. The maximum absolute atomic E-state index is 13.3. The first-order valence-corrected chi connectivity index (χ1v) is 11.1. The summed E-state index contributed by atoms with van der Waals surface area (Å²) in [6.07, 6.45) is 5.04. The number of nitrogens with one attached hydrogen (secondary N) is 1. The molecule has 0 unspecified atom stereocenters. The van der Waals surface area contributed by atoms with E-state index in [-0.39, 0.29) is 17.9 Å². The van der Waals surface area contributed by atoms with Gasteiger partial charge in [0, 0.05) is 19.0 Å². The van der Waals surface area contributed by atoms with E-state index in [2.05, 4.69) is 19.2 Å². The number of carbonyl (C=O) groups is 2. The van der Waals surface area contributed by atoms with Gasteiger partial charge in [0.15, 0.2) is 11.5 Å². The summed E-state index contributed by atoms with van der Waals surface area (Å²) in [5.74, 6) is 2.47. The first-order chi connectivity index (χ1) is 14.3. The number of ether oxygens (including phenoxy) is 2. The Hall–Kier alpha value is -2.24. The van der Waals surface area contributed by atoms with Gasteiger partial charge in [-0.15, -0.1) is 0 Å². The molecule has 0 aromatic heterocycles. The fourth-order valence-corrected chi connectivity index (χ4v) is 4.89. The van der Waals surface area contributed by atoms with Crippen molar-refractivity contribution in [3.8, 4) is 11.5 Å². The Bertz CT molecular complexity index is 780. The first-order valence-electron chi connectivity index (χ1n) is 11.1. The Kier molecular flexibility index (Phi) is 6.94. The van der Waals surface area contributed by atoms with Crippen LogP contribution < -0.4 is 14.8 Å². The molecule has 1 aromatic rings. The second-order valence-electron chi connectivity index (χ2n) is 9.11. The molecule has 2 aliphatic rings. The van der Waals surface area contributed by atoms with Crippen molar-refractivity contribution in [1.82, 2.24) is 10.2 Å². The minimum Gasteiger partial charge on any atom is -0.493 e. The largest absolute Gasteiger partial charge is 0.493 e. The third kappa shape index (κ3) is 4.42. The maximum Gasteiger partial charge on any atom is 0.245 e. The van der Waals surface area contributed by atoms with Crippen LogP contribution in [-0.4, -0.2) is 49.1 Å². The normalized spacial score (nSPS) is 29.0. The predicted octanol–water partition coefficient (Wildman–Crippen LogP) is 3.57. The molecule has 1 saturated heterocycles. The van der Waals surface area contributed by atoms with Crippen molar-refractivity contribution in [3.05, 3.63) is 23.8 Å². The van der Waals surface area contributed by atoms with E-state index in [1.165, 1.54) is 6.42 Å². The molecule has 166 valence electrons. The molecular formula is C24H36N2O4. The Labute approximate surface area is 180 Å². The maximum atomic E-state index is 13.3. The lowest BCUT2D eigenvalue weighted by Gasteiger charge is -2.39. The van der Waals surface area contributed by atoms with Crippen LogP contribution in [0.2, 0.25) is 0 Å². The van der Waals surface area contributed by atoms with Crippen molar-refractivity contribution in [2.24, 2.45) is 11.8 Å². The number of methoxy groups -OCH3 is 2. The molecule has 3 rings (SSSR count). The number of hydrogen-bond acceptors (Lipinski definition) is 4. The molecule has 2 fully saturated rings. The number of carbonyl (C=O) groups excluding carboxylic acids is 2. The summed E-state index contributed by atoms with van der Waals surface area (Å²) in [6.45, 7) is 6.92. The monoisotopic (exact) mass is 416 g/mol. The minimum atomic E-state index is -0.784. The summed E-state index contributed by atoms with van der Waals surface area (Å²) in [4.78, 5) is 27.7. The molecule has 0 radical (unpaired) electrons. The van der Waals surface area contributed by atoms with E-state index in [1.807, 2.05) is 25.1 Å². The second kappa shape index (κ2) is 9.27. The molecule has 1 aliphatic heterocycles. The average Bonchev–Trinajstić information content (AvgIpc) is 3.04. The lowest BCUT2D eigenvalue weighted by atomic mass is 9.77. The first kappa shape index (κ1) is 22.4. The molecule has 1 heterocycles. The number of benzene rings is 1. The van der Waals surface area contributed by atoms with Crippen molar-refractivity contribution in [2.45, 2.75) is 70.9 Å². The van der Waals surface area contributed by atoms with Crippen LogP contribution in [0.1, 0.15) is 58.4 Å². The average molecular weight is 417 g/mol. The Morgan fingerprint density at radius 1 is 1.20 bits per heavy atom. The zero-order chi connectivity index (χ0) is 21.9. The van der Waals surface area contributed by atoms with E-state index in [4.69, 9.17) is 9.47 Å². The Morgan fingerprint density at radius 2 is 1.93 bits per heavy atom. The third-order valence-electron chi connectivity index (χ3n) is 7.31. The standard InChI is InChI=1S/C24H36N2O4/c1-16-7-6-8-19(17(16)2)25-23(28)24(3)13-11-22(27)26(24)14-12-18-9-10-20(29-4)21(15-18)30-5/h9-10,15-17,19H,6-8,11-14H2,1-5H3,(H,25,28)/t16-,17+,19-,24-/m1/s1. The van der Waals surface area contributed by atoms with Gasteiger partial charge in [-0.2, -0.15) is 0 Å². The molecule has 0 spiro atoms. The van der Waals surface area contributed by atoms with Crippen molar-refractivity contribution in [1.29, 1.82) is 0 Å². The van der Waals surface area contributed by atoms with Gasteiger partial charge in [0.1, 0.15) is 5.54 Å². The molecule has 6 heteroatoms. The predicted molar refractivity (Wildman–Crippen MR) is 117 cm³/mol. The van der Waals surface area contributed by atoms with Crippen LogP contribution in [0.15, 0.2) is 18.2 Å². The van der Waals surface area contributed by atoms with Crippen LogP contribution in [0.25, 0.3) is 0 Å². The van der Waals surface area contributed by atoms with E-state index in [0.717, 1.165) is 18.4 Å². The van der Waals surface area contributed by atoms with Crippen molar-refractivity contribution in [2.75, 3.05) is 20.8 Å². The summed E-state index contributed by atoms with van der Waals surface area (Å²) in [7, 11) is 3.22. The highest BCUT2D eigenvalue weighted by molar-refractivity contribution is 5.94. The van der Waals surface area contributed by atoms with Crippen LogP contribution in [0.5, 0.6) is 11.5 Å². The Morgan fingerprint density at radius 3 is 2.63 bits per heavy atom. The highest BCUT2D eigenvalue weighted by atomic mass is 16.5. The van der Waals surface area contributed by atoms with Gasteiger partial charge < -0.3 is 19.7 Å². The van der Waals surface area contributed by atoms with E-state index in [9.17, 15) is 9.59 Å². The number of amides is 2. The highest BCUT2D eigenvalue weighted by Gasteiger charge is 2.47. The minimum absolute atomic E-state index is 0.00777. The van der Waals surface area contributed by atoms with Crippen molar-refractivity contribution in [3.63, 3.8) is 0 Å². The summed E-state index contributed by atoms with van der Waals surface area (Å²) in [6, 6.07) is 5.98. The number of hydrogen-bond donors (Lipinski definition) is 1. The van der Waals surface area contributed by atoms with Gasteiger partial charge in [0.25, 0.3) is 0 Å². The van der Waals surface area contributed by atoms with Gasteiger partial charge in [0.2, 0.25) is 11.8 Å². The summed E-state index contributed by atoms with van der Waals surface area (Å²) in [5, 5.41) is 3.29. The van der Waals surface area contributed by atoms with Gasteiger partial charge in [-0.3, -0.25) is 9.59 Å². The molecule has 4 atom stereocenters. The van der Waals surface area contributed by atoms with Gasteiger partial charge >= 0.3 is 0 Å². The van der Waals surface area contributed by atoms with Crippen LogP contribution in [0, 0.1) is 11.8 Å². The van der Waals surface area contributed by atoms with Crippen LogP contribution in [0.4, 0.5) is 0 Å². The molecule has 1 N–H and O–H groups in total. The lowest BCUT2D eigenvalue weighted by Crippen LogP contribution is -2.58. The van der Waals surface area contributed by atoms with Gasteiger partial charge in [-0.25, -0.2) is 0 Å². The fourth-order valence-electron chi connectivity index (χ4n) is 4.89. The zero-order valence-electron chi connectivity index (χ0n) is 19.0. The van der Waals surface area contributed by atoms with Crippen LogP contribution in [0.3, 0.4) is 0 Å². The van der Waals surface area contributed by atoms with E-state index < -0.39 is 5.54 Å². The molecule has 2 amide bonds. The summed E-state index contributed by atoms with van der Waals surface area (Å²) < 4.78 is 10.7. The summed E-state index contributed by atoms with van der Waals surface area (Å²) in [5.41, 5.74) is 0.262. The molecular weight excluding hydrogens is 380 g/mol. The molecule has 1 aliphatic carbocycles. The molecule has 1 saturated carbocycles. The zero-order valence-corrected chi connectivity index (χ0v) is 19.0. The summed E-state index contributed by atoms with van der Waals surface area (Å²) >= 11 is 0. The Balaban J connectivity index is 1.69. The van der Waals surface area contributed by atoms with E-state index >= 15 is 0 Å². The number of likely N-dealkylation sites (tertiary alicyclic amines) is 1. The molecule has 1 aromatic carbocycles. The molecule has 6 nitrogen and oxygen atoms in total. The van der Waals surface area contributed by atoms with Crippen molar-refractivity contribution < 1.29 is 19.1 Å². The SMILES string of the molecule is COc1ccc(CCN2C(=O)CC[C@]2(C)C(=O)N[C@@H]2CCC[C@@H](C)[C@@H]2C)cc1OC. The fraction of sp³-hybridized carbons (Fsp3) is 0.667. The van der Waals surface area contributed by atoms with Gasteiger partial charge in [0.05, 0.1) is 14.2 Å². The van der Waals surface area contributed by atoms with Gasteiger partial charge in [-0.05, 0) is 55.7 Å². The topological polar surface area (TPSA) is 67.9 Å². The molecule has 0 bridgehead atoms. The lowest BCUT2D eigenvalue weighted by molar-refractivity contribution is -0.141. The number of rotatable bonds is 7. The smallest absolute Gasteiger partial charge is 0.245 e. The number of nitrogens with zero attached hydrogens (tertiary/aromatic N) is 1. The third-order valence-corrected chi connectivity index (χ3v) is 7.31. The van der Waals surface area contributed by atoms with E-state index in [0.29, 0.717) is 49.1 Å². The second-order valence-corrected chi connectivity index (χ2v) is 9.11. The van der Waals surface area contributed by atoms with Gasteiger partial charge in [-0.1, -0.05) is 32.8 Å². The quantitative estimate of drug-likeness (QED) is 0.738. The molecule has 30 heavy (non-hydrogen) atoms. The van der Waals surface area contributed by atoms with Crippen LogP contribution in [-0.2, 0) is 16.0 Å². The van der Waals surface area contributed by atoms with Crippen molar-refractivity contribution >= 4 is 11.8 Å².